The van der Waals surface area contributed by atoms with Gasteiger partial charge in [0.15, 0.2) is 0 Å². The molecule has 2 aliphatic rings. The molecule has 1 heterocycles. The minimum absolute atomic E-state index is 0.0423. The Morgan fingerprint density at radius 3 is 1.97 bits per heavy atom. The summed E-state index contributed by atoms with van der Waals surface area (Å²) in [5.74, 6) is -0.983. The first-order valence-corrected chi connectivity index (χ1v) is 11.6. The van der Waals surface area contributed by atoms with Gasteiger partial charge in [0.1, 0.15) is 11.6 Å². The van der Waals surface area contributed by atoms with Crippen LogP contribution in [0, 0.1) is 17.6 Å². The quantitative estimate of drug-likeness (QED) is 0.699. The van der Waals surface area contributed by atoms with Crippen molar-refractivity contribution in [1.82, 2.24) is 9.21 Å². The molecule has 30 heavy (non-hydrogen) atoms. The zero-order valence-corrected chi connectivity index (χ0v) is 17.3. The highest BCUT2D eigenvalue weighted by Gasteiger charge is 2.38. The Balaban J connectivity index is 1.40. The van der Waals surface area contributed by atoms with Gasteiger partial charge in [0.2, 0.25) is 15.9 Å². The number of carbonyl (C=O) groups excluding carboxylic acids is 1. The van der Waals surface area contributed by atoms with E-state index in [1.165, 1.54) is 28.6 Å². The van der Waals surface area contributed by atoms with E-state index in [0.717, 1.165) is 30.5 Å². The van der Waals surface area contributed by atoms with E-state index in [0.29, 0.717) is 19.4 Å². The summed E-state index contributed by atoms with van der Waals surface area (Å²) in [4.78, 5) is 15.1. The molecule has 2 aromatic carbocycles. The molecule has 0 radical (unpaired) electrons. The van der Waals surface area contributed by atoms with E-state index in [2.05, 4.69) is 0 Å². The first-order chi connectivity index (χ1) is 14.3. The number of benzene rings is 2. The molecule has 1 aliphatic heterocycles. The fourth-order valence-corrected chi connectivity index (χ4v) is 5.36. The number of rotatable bonds is 6. The van der Waals surface area contributed by atoms with E-state index in [-0.39, 0.29) is 41.7 Å². The number of carbonyl (C=O) groups is 1. The average Bonchev–Trinajstić information content (AvgIpc) is 3.58. The highest BCUT2D eigenvalue weighted by atomic mass is 32.2. The van der Waals surface area contributed by atoms with Gasteiger partial charge >= 0.3 is 0 Å². The molecule has 1 amide bonds. The van der Waals surface area contributed by atoms with Crippen LogP contribution >= 0.6 is 0 Å². The molecule has 1 saturated heterocycles. The van der Waals surface area contributed by atoms with Crippen LogP contribution in [-0.2, 0) is 21.4 Å². The van der Waals surface area contributed by atoms with E-state index >= 15 is 0 Å². The summed E-state index contributed by atoms with van der Waals surface area (Å²) in [5, 5.41) is 0. The lowest BCUT2D eigenvalue weighted by Gasteiger charge is -2.34. The van der Waals surface area contributed by atoms with Crippen LogP contribution in [0.5, 0.6) is 0 Å². The van der Waals surface area contributed by atoms with Gasteiger partial charge in [-0.05, 0) is 67.6 Å². The summed E-state index contributed by atoms with van der Waals surface area (Å²) < 4.78 is 53.2. The molecule has 0 spiro atoms. The predicted octanol–water partition coefficient (Wildman–Crippen LogP) is 3.56. The van der Waals surface area contributed by atoms with E-state index in [1.807, 2.05) is 4.90 Å². The molecule has 2 aromatic rings. The standard InChI is InChI=1S/C22H24F2N2O3S/c23-18-3-1-16(2-4-18)15-26(20-7-8-20)22(27)17-11-13-25(14-12-17)30(28,29)21-9-5-19(24)6-10-21/h1-6,9-10,17,20H,7-8,11-15H2. The van der Waals surface area contributed by atoms with Gasteiger partial charge in [0.05, 0.1) is 4.90 Å². The van der Waals surface area contributed by atoms with Crippen LogP contribution in [0.2, 0.25) is 0 Å². The number of sulfonamides is 1. The van der Waals surface area contributed by atoms with Crippen molar-refractivity contribution in [2.24, 2.45) is 5.92 Å². The van der Waals surface area contributed by atoms with E-state index < -0.39 is 15.8 Å². The molecule has 1 saturated carbocycles. The van der Waals surface area contributed by atoms with Crippen molar-refractivity contribution in [3.05, 3.63) is 65.7 Å². The maximum atomic E-state index is 13.2. The summed E-state index contributed by atoms with van der Waals surface area (Å²) in [6, 6.07) is 11.2. The lowest BCUT2D eigenvalue weighted by molar-refractivity contribution is -0.138. The molecule has 1 aliphatic carbocycles. The number of halogens is 2. The van der Waals surface area contributed by atoms with Crippen LogP contribution in [0.15, 0.2) is 53.4 Å². The molecular formula is C22H24F2N2O3S. The molecule has 0 unspecified atom stereocenters. The SMILES string of the molecule is O=C(C1CCN(S(=O)(=O)c2ccc(F)cc2)CC1)N(Cc1ccc(F)cc1)C1CC1. The topological polar surface area (TPSA) is 57.7 Å². The third-order valence-corrected chi connectivity index (χ3v) is 7.70. The van der Waals surface area contributed by atoms with Gasteiger partial charge in [0.25, 0.3) is 0 Å². The van der Waals surface area contributed by atoms with Gasteiger partial charge in [-0.15, -0.1) is 0 Å². The molecule has 8 heteroatoms. The van der Waals surface area contributed by atoms with Crippen molar-refractivity contribution >= 4 is 15.9 Å². The lowest BCUT2D eigenvalue weighted by Crippen LogP contribution is -2.44. The van der Waals surface area contributed by atoms with E-state index in [9.17, 15) is 22.0 Å². The van der Waals surface area contributed by atoms with Crippen LogP contribution in [-0.4, -0.2) is 42.7 Å². The molecule has 0 atom stereocenters. The highest BCUT2D eigenvalue weighted by Crippen LogP contribution is 2.32. The Kier molecular flexibility index (Phi) is 5.88. The largest absolute Gasteiger partial charge is 0.335 e. The molecule has 4 rings (SSSR count). The Hall–Kier alpha value is -2.32. The van der Waals surface area contributed by atoms with Crippen molar-refractivity contribution in [3.63, 3.8) is 0 Å². The summed E-state index contributed by atoms with van der Waals surface area (Å²) >= 11 is 0. The van der Waals surface area contributed by atoms with Gasteiger partial charge < -0.3 is 4.90 Å². The molecule has 0 aromatic heterocycles. The molecule has 160 valence electrons. The first kappa shape index (κ1) is 20.9. The molecule has 5 nitrogen and oxygen atoms in total. The molecule has 0 bridgehead atoms. The minimum atomic E-state index is -3.70. The average molecular weight is 435 g/mol. The zero-order chi connectivity index (χ0) is 21.3. The van der Waals surface area contributed by atoms with E-state index in [1.54, 1.807) is 12.1 Å². The summed E-state index contributed by atoms with van der Waals surface area (Å²) in [6.07, 6.45) is 2.83. The lowest BCUT2D eigenvalue weighted by atomic mass is 9.96. The van der Waals surface area contributed by atoms with Crippen molar-refractivity contribution in [3.8, 4) is 0 Å². The number of amides is 1. The first-order valence-electron chi connectivity index (χ1n) is 10.2. The number of piperidine rings is 1. The smallest absolute Gasteiger partial charge is 0.243 e. The van der Waals surface area contributed by atoms with Crippen LogP contribution < -0.4 is 0 Å². The number of nitrogens with zero attached hydrogens (tertiary/aromatic N) is 2. The maximum Gasteiger partial charge on any atom is 0.243 e. The van der Waals surface area contributed by atoms with Gasteiger partial charge in [-0.2, -0.15) is 4.31 Å². The Labute approximate surface area is 175 Å². The van der Waals surface area contributed by atoms with E-state index in [4.69, 9.17) is 0 Å². The fraction of sp³-hybridized carbons (Fsp3) is 0.409. The van der Waals surface area contributed by atoms with Crippen molar-refractivity contribution < 1.29 is 22.0 Å². The van der Waals surface area contributed by atoms with Gasteiger partial charge in [-0.25, -0.2) is 17.2 Å². The highest BCUT2D eigenvalue weighted by molar-refractivity contribution is 7.89. The third-order valence-electron chi connectivity index (χ3n) is 5.79. The van der Waals surface area contributed by atoms with Crippen molar-refractivity contribution in [2.45, 2.75) is 43.2 Å². The Bertz CT molecular complexity index is 998. The number of hydrogen-bond acceptors (Lipinski definition) is 3. The monoisotopic (exact) mass is 434 g/mol. The van der Waals surface area contributed by atoms with Crippen LogP contribution in [0.1, 0.15) is 31.2 Å². The summed E-state index contributed by atoms with van der Waals surface area (Å²) in [7, 11) is -3.70. The predicted molar refractivity (Wildman–Crippen MR) is 108 cm³/mol. The van der Waals surface area contributed by atoms with Crippen LogP contribution in [0.25, 0.3) is 0 Å². The number of hydrogen-bond donors (Lipinski definition) is 0. The second-order valence-corrected chi connectivity index (χ2v) is 9.89. The van der Waals surface area contributed by atoms with Gasteiger partial charge in [-0.3, -0.25) is 4.79 Å². The summed E-state index contributed by atoms with van der Waals surface area (Å²) in [5.41, 5.74) is 0.882. The van der Waals surface area contributed by atoms with Crippen molar-refractivity contribution in [1.29, 1.82) is 0 Å². The molecular weight excluding hydrogens is 410 g/mol. The fourth-order valence-electron chi connectivity index (χ4n) is 3.89. The van der Waals surface area contributed by atoms with Crippen LogP contribution in [0.3, 0.4) is 0 Å². The Morgan fingerprint density at radius 1 is 0.900 bits per heavy atom. The molecule has 2 fully saturated rings. The second-order valence-electron chi connectivity index (χ2n) is 7.96. The normalized spacial score (nSPS) is 18.3. The second kappa shape index (κ2) is 8.43. The summed E-state index contributed by atoms with van der Waals surface area (Å²) in [6.45, 7) is 0.953. The minimum Gasteiger partial charge on any atom is -0.335 e. The maximum absolute atomic E-state index is 13.2. The third kappa shape index (κ3) is 4.54. The van der Waals surface area contributed by atoms with Gasteiger partial charge in [-0.1, -0.05) is 12.1 Å². The van der Waals surface area contributed by atoms with Gasteiger partial charge in [0, 0.05) is 31.6 Å². The Morgan fingerprint density at radius 2 is 1.43 bits per heavy atom. The van der Waals surface area contributed by atoms with Crippen molar-refractivity contribution in [2.75, 3.05) is 13.1 Å². The molecule has 0 N–H and O–H groups in total. The van der Waals surface area contributed by atoms with Crippen LogP contribution in [0.4, 0.5) is 8.78 Å². The zero-order valence-electron chi connectivity index (χ0n) is 16.5.